The molecule has 1 aliphatic heterocycles. The molecule has 0 saturated carbocycles. The second-order valence-corrected chi connectivity index (χ2v) is 8.49. The van der Waals surface area contributed by atoms with Gasteiger partial charge in [0.1, 0.15) is 30.1 Å². The summed E-state index contributed by atoms with van der Waals surface area (Å²) < 4.78 is 33.2. The van der Waals surface area contributed by atoms with Crippen molar-refractivity contribution in [2.45, 2.75) is 58.3 Å². The Bertz CT molecular complexity index is 1230. The Hall–Kier alpha value is -4.19. The lowest BCUT2D eigenvalue weighted by molar-refractivity contribution is -0.257. The molecular weight excluding hydrogens is 502 g/mol. The van der Waals surface area contributed by atoms with Crippen molar-refractivity contribution in [3.63, 3.8) is 0 Å². The van der Waals surface area contributed by atoms with Crippen LogP contribution in [0.15, 0.2) is 36.4 Å². The highest BCUT2D eigenvalue weighted by Crippen LogP contribution is 2.35. The molecule has 12 nitrogen and oxygen atoms in total. The number of hydrogen-bond acceptors (Lipinski definition) is 11. The van der Waals surface area contributed by atoms with Gasteiger partial charge in [-0.1, -0.05) is 30.3 Å². The Morgan fingerprint density at radius 2 is 1.53 bits per heavy atom. The second-order valence-electron chi connectivity index (χ2n) is 8.49. The summed E-state index contributed by atoms with van der Waals surface area (Å²) in [6, 6.07) is 9.08. The lowest BCUT2D eigenvalue weighted by Gasteiger charge is -2.45. The minimum Gasteiger partial charge on any atom is -0.465 e. The molecule has 5 atom stereocenters. The van der Waals surface area contributed by atoms with Gasteiger partial charge in [-0.3, -0.25) is 19.2 Å². The summed E-state index contributed by atoms with van der Waals surface area (Å²) in [6.45, 7) is 4.30. The molecule has 0 radical (unpaired) electrons. The number of nitrogens with one attached hydrogen (secondary N) is 1. The van der Waals surface area contributed by atoms with Gasteiger partial charge in [0, 0.05) is 33.1 Å². The molecule has 0 bridgehead atoms. The molecule has 204 valence electrons. The van der Waals surface area contributed by atoms with Crippen molar-refractivity contribution in [3.05, 3.63) is 42.0 Å². The Balaban J connectivity index is 2.15. The van der Waals surface area contributed by atoms with E-state index in [0.29, 0.717) is 5.39 Å². The molecule has 38 heavy (non-hydrogen) atoms. The third-order valence-corrected chi connectivity index (χ3v) is 5.59. The number of carbonyl (C=O) groups is 5. The molecule has 0 aliphatic carbocycles. The van der Waals surface area contributed by atoms with Crippen molar-refractivity contribution in [2.24, 2.45) is 0 Å². The molecule has 3 rings (SSSR count). The van der Waals surface area contributed by atoms with Gasteiger partial charge in [-0.05, 0) is 11.5 Å². The first kappa shape index (κ1) is 28.4. The van der Waals surface area contributed by atoms with Crippen LogP contribution in [0.3, 0.4) is 0 Å². The van der Waals surface area contributed by atoms with Gasteiger partial charge in [0.05, 0.1) is 7.11 Å². The van der Waals surface area contributed by atoms with E-state index in [-0.39, 0.29) is 11.3 Å². The van der Waals surface area contributed by atoms with E-state index in [0.717, 1.165) is 19.2 Å². The van der Waals surface area contributed by atoms with Gasteiger partial charge < -0.3 is 33.7 Å². The fraction of sp³-hybridized carbons (Fsp3) is 0.423. The van der Waals surface area contributed by atoms with Gasteiger partial charge in [0.25, 0.3) is 0 Å². The van der Waals surface area contributed by atoms with Crippen LogP contribution in [-0.4, -0.2) is 74.1 Å². The number of fused-ring (bicyclic) bond motifs is 1. The summed E-state index contributed by atoms with van der Waals surface area (Å²) in [5.41, 5.74) is 0.0686. The Morgan fingerprint density at radius 3 is 2.13 bits per heavy atom. The predicted octanol–water partition coefficient (Wildman–Crippen LogP) is 1.66. The topological polar surface area (TPSA) is 153 Å². The molecule has 2 aromatic carbocycles. The molecule has 2 aromatic rings. The Morgan fingerprint density at radius 1 is 0.868 bits per heavy atom. The number of rotatable bonds is 8. The first-order valence-electron chi connectivity index (χ1n) is 11.7. The zero-order valence-electron chi connectivity index (χ0n) is 21.5. The quantitative estimate of drug-likeness (QED) is 0.391. The van der Waals surface area contributed by atoms with Gasteiger partial charge in [0.2, 0.25) is 12.2 Å². The van der Waals surface area contributed by atoms with E-state index in [9.17, 15) is 24.0 Å². The first-order valence-corrected chi connectivity index (χ1v) is 11.7. The molecular formula is C26H29NO11. The van der Waals surface area contributed by atoms with E-state index >= 15 is 0 Å². The summed E-state index contributed by atoms with van der Waals surface area (Å²) in [4.78, 5) is 60.3. The first-order chi connectivity index (χ1) is 18.0. The van der Waals surface area contributed by atoms with Crippen LogP contribution in [0.4, 0.5) is 0 Å². The van der Waals surface area contributed by atoms with Gasteiger partial charge >= 0.3 is 23.9 Å². The monoisotopic (exact) mass is 531 g/mol. The largest absolute Gasteiger partial charge is 0.465 e. The predicted molar refractivity (Wildman–Crippen MR) is 130 cm³/mol. The van der Waals surface area contributed by atoms with Crippen molar-refractivity contribution in [2.75, 3.05) is 13.7 Å². The smallest absolute Gasteiger partial charge is 0.341 e. The van der Waals surface area contributed by atoms with Crippen LogP contribution in [0.1, 0.15) is 38.1 Å². The maximum Gasteiger partial charge on any atom is 0.341 e. The molecule has 0 aromatic heterocycles. The maximum absolute atomic E-state index is 12.6. The van der Waals surface area contributed by atoms with Crippen molar-refractivity contribution in [3.8, 4) is 5.75 Å². The lowest BCUT2D eigenvalue weighted by Crippen LogP contribution is -2.67. The highest BCUT2D eigenvalue weighted by Gasteiger charge is 2.52. The normalized spacial score (nSPS) is 22.6. The summed E-state index contributed by atoms with van der Waals surface area (Å²) in [6.07, 6.45) is -5.15. The third kappa shape index (κ3) is 6.76. The molecule has 0 spiro atoms. The fourth-order valence-corrected chi connectivity index (χ4v) is 4.15. The zero-order chi connectivity index (χ0) is 28.0. The highest BCUT2D eigenvalue weighted by atomic mass is 16.7. The highest BCUT2D eigenvalue weighted by molar-refractivity contribution is 6.01. The minimum absolute atomic E-state index is 0.0686. The zero-order valence-corrected chi connectivity index (χ0v) is 21.5. The average molecular weight is 532 g/mol. The maximum atomic E-state index is 12.6. The molecule has 1 heterocycles. The minimum atomic E-state index is -1.40. The second kappa shape index (κ2) is 12.4. The van der Waals surface area contributed by atoms with Crippen LogP contribution < -0.4 is 10.1 Å². The number of carbonyl (C=O) groups excluding carboxylic acids is 5. The number of benzene rings is 2. The Labute approximate surface area is 218 Å². The summed E-state index contributed by atoms with van der Waals surface area (Å²) in [7, 11) is 1.22. The Kier molecular flexibility index (Phi) is 9.24. The molecule has 1 N–H and O–H groups in total. The van der Waals surface area contributed by atoms with Crippen LogP contribution in [0.5, 0.6) is 5.75 Å². The van der Waals surface area contributed by atoms with Crippen molar-refractivity contribution < 1.29 is 52.4 Å². The third-order valence-electron chi connectivity index (χ3n) is 5.59. The number of esters is 4. The van der Waals surface area contributed by atoms with Gasteiger partial charge in [-0.15, -0.1) is 0 Å². The molecule has 12 heteroatoms. The van der Waals surface area contributed by atoms with Gasteiger partial charge in [-0.2, -0.15) is 0 Å². The summed E-state index contributed by atoms with van der Waals surface area (Å²) in [5, 5.41) is 3.89. The number of methoxy groups -OCH3 is 1. The molecule has 1 saturated heterocycles. The van der Waals surface area contributed by atoms with Crippen LogP contribution in [0, 0.1) is 0 Å². The fourth-order valence-electron chi connectivity index (χ4n) is 4.15. The number of ether oxygens (including phenoxy) is 6. The molecule has 1 aliphatic rings. The van der Waals surface area contributed by atoms with E-state index in [1.165, 1.54) is 27.0 Å². The van der Waals surface area contributed by atoms with E-state index in [1.807, 2.05) is 0 Å². The average Bonchev–Trinajstić information content (AvgIpc) is 2.85. The SMILES string of the molecule is COC(=O)c1ccc2ccccc2c1O[C@@H]1O[C@@H](COC(C)=O)[C@@H](OC(C)=O)[C@H](OC(C)=O)[C@H]1NC(C)=O. The van der Waals surface area contributed by atoms with Gasteiger partial charge in [0.15, 0.2) is 12.2 Å². The summed E-state index contributed by atoms with van der Waals surface area (Å²) >= 11 is 0. The number of amides is 1. The van der Waals surface area contributed by atoms with Crippen LogP contribution in [0.2, 0.25) is 0 Å². The standard InChI is InChI=1S/C26H29NO11/c1-13(28)27-21-24(36-16(4)31)23(35-15(3)30)20(12-34-14(2)29)37-26(21)38-22-18-9-7-6-8-17(18)10-11-19(22)25(32)33-5/h6-11,20-21,23-24,26H,12H2,1-5H3,(H,27,28)/t20-,21+,23+,24+,26-/m0/s1. The summed E-state index contributed by atoms with van der Waals surface area (Å²) in [5.74, 6) is -3.25. The van der Waals surface area contributed by atoms with Crippen molar-refractivity contribution in [1.29, 1.82) is 0 Å². The lowest BCUT2D eigenvalue weighted by atomic mass is 9.95. The van der Waals surface area contributed by atoms with Crippen LogP contribution >= 0.6 is 0 Å². The molecule has 1 fully saturated rings. The van der Waals surface area contributed by atoms with Crippen LogP contribution in [0.25, 0.3) is 10.8 Å². The van der Waals surface area contributed by atoms with Crippen molar-refractivity contribution >= 4 is 40.6 Å². The molecule has 1 amide bonds. The van der Waals surface area contributed by atoms with Gasteiger partial charge in [-0.25, -0.2) is 4.79 Å². The number of hydrogen-bond donors (Lipinski definition) is 1. The van der Waals surface area contributed by atoms with Crippen molar-refractivity contribution in [1.82, 2.24) is 5.32 Å². The van der Waals surface area contributed by atoms with E-state index in [4.69, 9.17) is 28.4 Å². The van der Waals surface area contributed by atoms with E-state index in [2.05, 4.69) is 5.32 Å². The van der Waals surface area contributed by atoms with E-state index < -0.39 is 67.0 Å². The molecule has 0 unspecified atom stereocenters. The van der Waals surface area contributed by atoms with E-state index in [1.54, 1.807) is 30.3 Å². The van der Waals surface area contributed by atoms with Crippen LogP contribution in [-0.2, 0) is 42.9 Å².